The van der Waals surface area contributed by atoms with Crippen LogP contribution < -0.4 is 0 Å². The molecule has 1 aliphatic heterocycles. The number of cyclic esters (lactones) is 1. The van der Waals surface area contributed by atoms with Crippen molar-refractivity contribution in [3.05, 3.63) is 70.8 Å². The van der Waals surface area contributed by atoms with Gasteiger partial charge in [0.2, 0.25) is 0 Å². The van der Waals surface area contributed by atoms with Crippen LogP contribution in [-0.2, 0) is 15.7 Å². The highest BCUT2D eigenvalue weighted by molar-refractivity contribution is 5.95. The van der Waals surface area contributed by atoms with Crippen LogP contribution in [0.5, 0.6) is 0 Å². The van der Waals surface area contributed by atoms with Crippen molar-refractivity contribution in [1.29, 1.82) is 0 Å². The van der Waals surface area contributed by atoms with Crippen molar-refractivity contribution in [2.75, 3.05) is 0 Å². The highest BCUT2D eigenvalue weighted by Crippen LogP contribution is 2.32. The maximum absolute atomic E-state index is 12.5. The zero-order valence-corrected chi connectivity index (χ0v) is 11.5. The van der Waals surface area contributed by atoms with E-state index in [1.807, 2.05) is 0 Å². The number of ether oxygens (including phenoxy) is 2. The van der Waals surface area contributed by atoms with Crippen molar-refractivity contribution in [2.24, 2.45) is 0 Å². The van der Waals surface area contributed by atoms with Gasteiger partial charge in [-0.3, -0.25) is 0 Å². The Balaban J connectivity index is 1.77. The van der Waals surface area contributed by atoms with Crippen LogP contribution in [0.3, 0.4) is 0 Å². The lowest BCUT2D eigenvalue weighted by atomic mass is 10.1. The third-order valence-electron chi connectivity index (χ3n) is 3.31. The van der Waals surface area contributed by atoms with Crippen LogP contribution in [0.4, 0.5) is 13.2 Å². The lowest BCUT2D eigenvalue weighted by Crippen LogP contribution is -2.12. The Morgan fingerprint density at radius 3 is 2.35 bits per heavy atom. The fraction of sp³-hybridized carbons (Fsp3) is 0.125. The molecule has 0 spiro atoms. The van der Waals surface area contributed by atoms with Crippen LogP contribution in [0, 0.1) is 0 Å². The second kappa shape index (κ2) is 5.42. The van der Waals surface area contributed by atoms with Gasteiger partial charge >= 0.3 is 18.1 Å². The molecule has 23 heavy (non-hydrogen) atoms. The maximum Gasteiger partial charge on any atom is 0.416 e. The molecule has 118 valence electrons. The third kappa shape index (κ3) is 2.90. The third-order valence-corrected chi connectivity index (χ3v) is 3.31. The fourth-order valence-corrected chi connectivity index (χ4v) is 2.16. The summed E-state index contributed by atoms with van der Waals surface area (Å²) in [7, 11) is 0. The Hall–Kier alpha value is -2.83. The predicted octanol–water partition coefficient (Wildman–Crippen LogP) is 3.73. The van der Waals surface area contributed by atoms with Gasteiger partial charge in [0.05, 0.1) is 16.7 Å². The maximum atomic E-state index is 12.5. The number of rotatable bonds is 2. The number of esters is 2. The van der Waals surface area contributed by atoms with Crippen LogP contribution in [0.1, 0.15) is 38.1 Å². The normalized spacial score (nSPS) is 16.7. The fourth-order valence-electron chi connectivity index (χ4n) is 2.16. The van der Waals surface area contributed by atoms with E-state index in [4.69, 9.17) is 9.47 Å². The van der Waals surface area contributed by atoms with Crippen LogP contribution in [0.15, 0.2) is 48.5 Å². The Kier molecular flexibility index (Phi) is 3.55. The molecular formula is C16H9F3O4. The molecule has 2 aromatic rings. The second-order valence-electron chi connectivity index (χ2n) is 4.80. The molecule has 1 heterocycles. The second-order valence-corrected chi connectivity index (χ2v) is 4.80. The van der Waals surface area contributed by atoms with E-state index in [2.05, 4.69) is 0 Å². The first kappa shape index (κ1) is 15.1. The van der Waals surface area contributed by atoms with E-state index in [1.165, 1.54) is 6.07 Å². The van der Waals surface area contributed by atoms with Crippen LogP contribution >= 0.6 is 0 Å². The van der Waals surface area contributed by atoms with E-state index in [1.54, 1.807) is 18.2 Å². The lowest BCUT2D eigenvalue weighted by molar-refractivity contribution is -0.137. The largest absolute Gasteiger partial charge is 0.417 e. The smallest absolute Gasteiger partial charge is 0.416 e. The van der Waals surface area contributed by atoms with E-state index in [-0.39, 0.29) is 11.1 Å². The first-order valence-electron chi connectivity index (χ1n) is 6.54. The van der Waals surface area contributed by atoms with Crippen molar-refractivity contribution < 1.29 is 32.2 Å². The molecule has 0 bridgehead atoms. The standard InChI is InChI=1S/C16H9F3O4/c17-16(18,19)10-7-5-9(6-8-10)13(20)22-15-12-4-2-1-3-11(12)14(21)23-15/h1-8,15H/t15-/m0/s1. The van der Waals surface area contributed by atoms with Gasteiger partial charge in [0.1, 0.15) is 0 Å². The Morgan fingerprint density at radius 2 is 1.70 bits per heavy atom. The molecule has 0 saturated carbocycles. The monoisotopic (exact) mass is 322 g/mol. The molecule has 0 N–H and O–H groups in total. The number of benzene rings is 2. The van der Waals surface area contributed by atoms with Gasteiger partial charge in [-0.1, -0.05) is 18.2 Å². The zero-order chi connectivity index (χ0) is 16.6. The number of halogens is 3. The van der Waals surface area contributed by atoms with Gasteiger partial charge in [-0.2, -0.15) is 13.2 Å². The molecule has 0 amide bonds. The molecular weight excluding hydrogens is 313 g/mol. The zero-order valence-electron chi connectivity index (χ0n) is 11.5. The first-order chi connectivity index (χ1) is 10.9. The number of fused-ring (bicyclic) bond motifs is 1. The predicted molar refractivity (Wildman–Crippen MR) is 71.5 cm³/mol. The summed E-state index contributed by atoms with van der Waals surface area (Å²) >= 11 is 0. The van der Waals surface area contributed by atoms with Gasteiger partial charge in [0.25, 0.3) is 6.29 Å². The summed E-state index contributed by atoms with van der Waals surface area (Å²) in [6, 6.07) is 9.98. The quantitative estimate of drug-likeness (QED) is 0.791. The number of hydrogen-bond donors (Lipinski definition) is 0. The average Bonchev–Trinajstić information content (AvgIpc) is 2.83. The number of carbonyl (C=O) groups excluding carboxylic acids is 2. The van der Waals surface area contributed by atoms with Crippen molar-refractivity contribution in [1.82, 2.24) is 0 Å². The van der Waals surface area contributed by atoms with E-state index >= 15 is 0 Å². The minimum Gasteiger partial charge on any atom is -0.417 e. The molecule has 1 atom stereocenters. The summed E-state index contributed by atoms with van der Waals surface area (Å²) in [6.45, 7) is 0. The van der Waals surface area contributed by atoms with E-state index in [9.17, 15) is 22.8 Å². The number of hydrogen-bond acceptors (Lipinski definition) is 4. The average molecular weight is 322 g/mol. The van der Waals surface area contributed by atoms with Gasteiger partial charge < -0.3 is 9.47 Å². The van der Waals surface area contributed by atoms with Crippen LogP contribution in [0.25, 0.3) is 0 Å². The summed E-state index contributed by atoms with van der Waals surface area (Å²) in [5.74, 6) is -1.50. The van der Waals surface area contributed by atoms with Gasteiger partial charge in [-0.15, -0.1) is 0 Å². The van der Waals surface area contributed by atoms with Crippen LogP contribution in [0.2, 0.25) is 0 Å². The molecule has 0 saturated heterocycles. The number of carbonyl (C=O) groups is 2. The summed E-state index contributed by atoms with van der Waals surface area (Å²) in [6.07, 6.45) is -5.68. The molecule has 2 aromatic carbocycles. The van der Waals surface area contributed by atoms with Gasteiger partial charge in [0, 0.05) is 5.56 Å². The molecule has 0 aromatic heterocycles. The number of alkyl halides is 3. The summed E-state index contributed by atoms with van der Waals surface area (Å²) in [4.78, 5) is 23.6. The molecule has 1 aliphatic rings. The Labute approximate surface area is 128 Å². The SMILES string of the molecule is O=C(O[C@H]1OC(=O)c2ccccc21)c1ccc(C(F)(F)F)cc1. The van der Waals surface area contributed by atoms with Crippen molar-refractivity contribution in [3.8, 4) is 0 Å². The summed E-state index contributed by atoms with van der Waals surface area (Å²) in [5, 5.41) is 0. The summed E-state index contributed by atoms with van der Waals surface area (Å²) < 4.78 is 47.4. The van der Waals surface area contributed by atoms with Crippen molar-refractivity contribution >= 4 is 11.9 Å². The lowest BCUT2D eigenvalue weighted by Gasteiger charge is -2.12. The highest BCUT2D eigenvalue weighted by atomic mass is 19.4. The van der Waals surface area contributed by atoms with E-state index < -0.39 is 30.0 Å². The molecule has 0 unspecified atom stereocenters. The van der Waals surface area contributed by atoms with E-state index in [0.717, 1.165) is 24.3 Å². The molecule has 3 rings (SSSR count). The van der Waals surface area contributed by atoms with E-state index in [0.29, 0.717) is 5.56 Å². The topological polar surface area (TPSA) is 52.6 Å². The molecule has 0 fully saturated rings. The minimum atomic E-state index is -4.48. The minimum absolute atomic E-state index is 0.0709. The molecule has 4 nitrogen and oxygen atoms in total. The Morgan fingerprint density at radius 1 is 1.04 bits per heavy atom. The molecule has 0 aliphatic carbocycles. The highest BCUT2D eigenvalue weighted by Gasteiger charge is 2.34. The van der Waals surface area contributed by atoms with Gasteiger partial charge in [-0.25, -0.2) is 9.59 Å². The van der Waals surface area contributed by atoms with Crippen molar-refractivity contribution in [3.63, 3.8) is 0 Å². The summed E-state index contributed by atoms with van der Waals surface area (Å²) in [5.41, 5.74) is -0.249. The molecule has 0 radical (unpaired) electrons. The van der Waals surface area contributed by atoms with Crippen molar-refractivity contribution in [2.45, 2.75) is 12.5 Å². The Bertz CT molecular complexity index is 766. The van der Waals surface area contributed by atoms with Gasteiger partial charge in [0.15, 0.2) is 0 Å². The first-order valence-corrected chi connectivity index (χ1v) is 6.54. The van der Waals surface area contributed by atoms with Gasteiger partial charge in [-0.05, 0) is 30.3 Å². The molecule has 7 heteroatoms. The van der Waals surface area contributed by atoms with Crippen LogP contribution in [-0.4, -0.2) is 11.9 Å².